The van der Waals surface area contributed by atoms with E-state index in [9.17, 15) is 13.2 Å². The first-order valence-electron chi connectivity index (χ1n) is 8.75. The Morgan fingerprint density at radius 2 is 1.64 bits per heavy atom. The molecule has 0 radical (unpaired) electrons. The minimum absolute atomic E-state index is 0.0747. The third-order valence-electron chi connectivity index (χ3n) is 4.29. The van der Waals surface area contributed by atoms with Gasteiger partial charge in [0.05, 0.1) is 16.0 Å². The van der Waals surface area contributed by atoms with Gasteiger partial charge >= 0.3 is 0 Å². The minimum atomic E-state index is -3.65. The van der Waals surface area contributed by atoms with Gasteiger partial charge in [-0.2, -0.15) is 0 Å². The lowest BCUT2D eigenvalue weighted by molar-refractivity contribution is 0.102. The summed E-state index contributed by atoms with van der Waals surface area (Å²) in [6.45, 7) is 1.96. The number of anilines is 1. The normalized spacial score (nSPS) is 12.4. The van der Waals surface area contributed by atoms with E-state index in [0.717, 1.165) is 11.1 Å². The quantitative estimate of drug-likeness (QED) is 0.578. The number of halogens is 1. The SMILES string of the molecule is Cc1ccc(NC(=O)c2cccc(S(=O)(=O)C[C@H](Cl)c3ccccc3)c2)cc1. The number of sulfone groups is 1. The molecule has 0 saturated carbocycles. The summed E-state index contributed by atoms with van der Waals surface area (Å²) in [6, 6.07) is 22.4. The summed E-state index contributed by atoms with van der Waals surface area (Å²) >= 11 is 6.30. The van der Waals surface area contributed by atoms with Crippen LogP contribution in [0.25, 0.3) is 0 Å². The van der Waals surface area contributed by atoms with E-state index in [4.69, 9.17) is 11.6 Å². The van der Waals surface area contributed by atoms with Crippen LogP contribution in [0, 0.1) is 6.92 Å². The van der Waals surface area contributed by atoms with Crippen LogP contribution in [0.3, 0.4) is 0 Å². The molecule has 0 heterocycles. The van der Waals surface area contributed by atoms with Crippen molar-refractivity contribution in [1.82, 2.24) is 0 Å². The van der Waals surface area contributed by atoms with Gasteiger partial charge in [-0.15, -0.1) is 11.6 Å². The molecule has 144 valence electrons. The summed E-state index contributed by atoms with van der Waals surface area (Å²) in [7, 11) is -3.65. The van der Waals surface area contributed by atoms with Crippen LogP contribution < -0.4 is 5.32 Å². The average Bonchev–Trinajstić information content (AvgIpc) is 2.70. The van der Waals surface area contributed by atoms with E-state index < -0.39 is 15.2 Å². The number of benzene rings is 3. The zero-order valence-corrected chi connectivity index (χ0v) is 16.9. The van der Waals surface area contributed by atoms with Crippen molar-refractivity contribution in [3.8, 4) is 0 Å². The van der Waals surface area contributed by atoms with E-state index in [1.54, 1.807) is 36.4 Å². The largest absolute Gasteiger partial charge is 0.322 e. The Kier molecular flexibility index (Phi) is 6.17. The van der Waals surface area contributed by atoms with Crippen LogP contribution in [0.5, 0.6) is 0 Å². The van der Waals surface area contributed by atoms with Crippen molar-refractivity contribution in [2.45, 2.75) is 17.2 Å². The predicted octanol–water partition coefficient (Wildman–Crippen LogP) is 5.00. The van der Waals surface area contributed by atoms with Crippen molar-refractivity contribution in [1.29, 1.82) is 0 Å². The maximum Gasteiger partial charge on any atom is 0.255 e. The van der Waals surface area contributed by atoms with Gasteiger partial charge in [0.2, 0.25) is 0 Å². The molecule has 3 aromatic carbocycles. The Hall–Kier alpha value is -2.63. The third-order valence-corrected chi connectivity index (χ3v) is 6.63. The maximum atomic E-state index is 12.8. The molecular weight excluding hydrogens is 394 g/mol. The Morgan fingerprint density at radius 1 is 0.964 bits per heavy atom. The number of hydrogen-bond donors (Lipinski definition) is 1. The highest BCUT2D eigenvalue weighted by atomic mass is 35.5. The summed E-state index contributed by atoms with van der Waals surface area (Å²) in [6.07, 6.45) is 0. The van der Waals surface area contributed by atoms with Gasteiger partial charge in [-0.25, -0.2) is 8.42 Å². The second-order valence-corrected chi connectivity index (χ2v) is 9.07. The van der Waals surface area contributed by atoms with Crippen molar-refractivity contribution < 1.29 is 13.2 Å². The van der Waals surface area contributed by atoms with E-state index in [2.05, 4.69) is 5.32 Å². The maximum absolute atomic E-state index is 12.8. The molecule has 0 saturated heterocycles. The number of nitrogens with one attached hydrogen (secondary N) is 1. The number of carbonyl (C=O) groups excluding carboxylic acids is 1. The lowest BCUT2D eigenvalue weighted by Gasteiger charge is -2.12. The molecule has 6 heteroatoms. The van der Waals surface area contributed by atoms with Crippen molar-refractivity contribution in [2.75, 3.05) is 11.1 Å². The van der Waals surface area contributed by atoms with Gasteiger partial charge in [0, 0.05) is 11.3 Å². The highest BCUT2D eigenvalue weighted by Gasteiger charge is 2.22. The van der Waals surface area contributed by atoms with Crippen LogP contribution in [0.15, 0.2) is 83.8 Å². The third kappa shape index (κ3) is 5.00. The van der Waals surface area contributed by atoms with Gasteiger partial charge in [0.15, 0.2) is 9.84 Å². The van der Waals surface area contributed by atoms with Gasteiger partial charge in [0.1, 0.15) is 0 Å². The molecule has 0 aliphatic carbocycles. The average molecular weight is 414 g/mol. The zero-order chi connectivity index (χ0) is 20.1. The van der Waals surface area contributed by atoms with Crippen molar-refractivity contribution in [3.05, 3.63) is 95.6 Å². The van der Waals surface area contributed by atoms with E-state index in [1.165, 1.54) is 12.1 Å². The number of hydrogen-bond acceptors (Lipinski definition) is 3. The summed E-state index contributed by atoms with van der Waals surface area (Å²) in [5, 5.41) is 2.10. The number of rotatable bonds is 6. The molecule has 0 aliphatic heterocycles. The van der Waals surface area contributed by atoms with Crippen LogP contribution in [0.4, 0.5) is 5.69 Å². The molecule has 0 unspecified atom stereocenters. The van der Waals surface area contributed by atoms with Crippen LogP contribution >= 0.6 is 11.6 Å². The molecule has 0 spiro atoms. The molecule has 4 nitrogen and oxygen atoms in total. The first kappa shape index (κ1) is 20.1. The summed E-state index contributed by atoms with van der Waals surface area (Å²) in [5.74, 6) is -0.617. The summed E-state index contributed by atoms with van der Waals surface area (Å²) in [4.78, 5) is 12.6. The lowest BCUT2D eigenvalue weighted by Crippen LogP contribution is -2.15. The van der Waals surface area contributed by atoms with Gasteiger partial charge in [-0.1, -0.05) is 54.1 Å². The van der Waals surface area contributed by atoms with Gasteiger partial charge in [-0.3, -0.25) is 4.79 Å². The lowest BCUT2D eigenvalue weighted by atomic mass is 10.2. The number of amides is 1. The van der Waals surface area contributed by atoms with Gasteiger partial charge in [-0.05, 0) is 42.8 Å². The zero-order valence-electron chi connectivity index (χ0n) is 15.3. The van der Waals surface area contributed by atoms with E-state index >= 15 is 0 Å². The van der Waals surface area contributed by atoms with E-state index in [1.807, 2.05) is 37.3 Å². The minimum Gasteiger partial charge on any atom is -0.322 e. The van der Waals surface area contributed by atoms with Crippen LogP contribution in [-0.2, 0) is 9.84 Å². The topological polar surface area (TPSA) is 63.2 Å². The second kappa shape index (κ2) is 8.59. The number of carbonyl (C=O) groups is 1. The highest BCUT2D eigenvalue weighted by Crippen LogP contribution is 2.25. The van der Waals surface area contributed by atoms with E-state index in [-0.39, 0.29) is 22.1 Å². The van der Waals surface area contributed by atoms with E-state index in [0.29, 0.717) is 5.69 Å². The predicted molar refractivity (Wildman–Crippen MR) is 113 cm³/mol. The number of alkyl halides is 1. The Morgan fingerprint density at radius 3 is 2.32 bits per heavy atom. The molecule has 0 aliphatic rings. The number of aryl methyl sites for hydroxylation is 1. The molecular formula is C22H20ClNO3S. The molecule has 0 aromatic heterocycles. The fourth-order valence-electron chi connectivity index (χ4n) is 2.72. The molecule has 0 fully saturated rings. The van der Waals surface area contributed by atoms with Gasteiger partial charge < -0.3 is 5.32 Å². The first-order chi connectivity index (χ1) is 13.3. The summed E-state index contributed by atoms with van der Waals surface area (Å²) < 4.78 is 25.5. The molecule has 0 bridgehead atoms. The Bertz CT molecular complexity index is 1060. The second-order valence-electron chi connectivity index (χ2n) is 6.51. The van der Waals surface area contributed by atoms with Crippen LogP contribution in [0.1, 0.15) is 26.9 Å². The Balaban J connectivity index is 1.77. The van der Waals surface area contributed by atoms with Crippen molar-refractivity contribution >= 4 is 33.0 Å². The van der Waals surface area contributed by atoms with Crippen LogP contribution in [-0.4, -0.2) is 20.1 Å². The fourth-order valence-corrected chi connectivity index (χ4v) is 4.72. The summed E-state index contributed by atoms with van der Waals surface area (Å²) in [5.41, 5.74) is 2.74. The molecule has 1 amide bonds. The van der Waals surface area contributed by atoms with Gasteiger partial charge in [0.25, 0.3) is 5.91 Å². The standard InChI is InChI=1S/C22H20ClNO3S/c1-16-10-12-19(13-11-16)24-22(25)18-8-5-9-20(14-18)28(26,27)15-21(23)17-6-3-2-4-7-17/h2-14,21H,15H2,1H3,(H,24,25)/t21-/m0/s1. The monoisotopic (exact) mass is 413 g/mol. The first-order valence-corrected chi connectivity index (χ1v) is 10.8. The molecule has 28 heavy (non-hydrogen) atoms. The molecule has 3 aromatic rings. The smallest absolute Gasteiger partial charge is 0.255 e. The molecule has 1 N–H and O–H groups in total. The van der Waals surface area contributed by atoms with Crippen molar-refractivity contribution in [2.24, 2.45) is 0 Å². The molecule has 1 atom stereocenters. The molecule has 3 rings (SSSR count). The van der Waals surface area contributed by atoms with Crippen LogP contribution in [0.2, 0.25) is 0 Å². The highest BCUT2D eigenvalue weighted by molar-refractivity contribution is 7.91. The van der Waals surface area contributed by atoms with Crippen molar-refractivity contribution in [3.63, 3.8) is 0 Å². The Labute approximate surface area is 170 Å². The fraction of sp³-hybridized carbons (Fsp3) is 0.136.